The van der Waals surface area contributed by atoms with Crippen LogP contribution in [0.2, 0.25) is 0 Å². The number of ether oxygens (including phenoxy) is 2. The van der Waals surface area contributed by atoms with Crippen molar-refractivity contribution >= 4 is 0 Å². The molecule has 0 amide bonds. The number of fused-ring (bicyclic) bond motifs is 2. The Hall–Kier alpha value is -2.28. The summed E-state index contributed by atoms with van der Waals surface area (Å²) in [5, 5.41) is 4.54. The van der Waals surface area contributed by atoms with Crippen molar-refractivity contribution in [2.45, 2.75) is 45.4 Å². The van der Waals surface area contributed by atoms with Crippen LogP contribution in [0.4, 0.5) is 0 Å². The third-order valence-electron chi connectivity index (χ3n) is 4.72. The van der Waals surface area contributed by atoms with E-state index in [1.165, 1.54) is 6.42 Å². The maximum atomic E-state index is 12.5. The highest BCUT2D eigenvalue weighted by Crippen LogP contribution is 2.31. The molecular weight excluding hydrogens is 320 g/mol. The topological polar surface area (TPSA) is 61.5 Å². The van der Waals surface area contributed by atoms with E-state index in [0.717, 1.165) is 48.7 Å². The van der Waals surface area contributed by atoms with Gasteiger partial charge in [0.1, 0.15) is 19.0 Å². The van der Waals surface area contributed by atoms with Gasteiger partial charge in [-0.3, -0.25) is 9.47 Å². The minimum Gasteiger partial charge on any atom is -0.486 e. The van der Waals surface area contributed by atoms with Gasteiger partial charge in [0.2, 0.25) is 0 Å². The van der Waals surface area contributed by atoms with E-state index in [4.69, 9.17) is 9.47 Å². The molecule has 1 aromatic carbocycles. The lowest BCUT2D eigenvalue weighted by atomic mass is 10.2. The maximum Gasteiger partial charge on any atom is 0.347 e. The van der Waals surface area contributed by atoms with E-state index in [1.54, 1.807) is 4.68 Å². The minimum atomic E-state index is 0.00549. The van der Waals surface area contributed by atoms with Gasteiger partial charge < -0.3 is 9.47 Å². The third kappa shape index (κ3) is 3.42. The fraction of sp³-hybridized carbons (Fsp3) is 0.556. The maximum absolute atomic E-state index is 12.5. The van der Waals surface area contributed by atoms with Crippen LogP contribution in [0.5, 0.6) is 11.5 Å². The van der Waals surface area contributed by atoms with Crippen LogP contribution in [-0.4, -0.2) is 39.5 Å². The first-order chi connectivity index (χ1) is 12.2. The summed E-state index contributed by atoms with van der Waals surface area (Å²) in [7, 11) is 1.99. The smallest absolute Gasteiger partial charge is 0.347 e. The predicted molar refractivity (Wildman–Crippen MR) is 92.9 cm³/mol. The van der Waals surface area contributed by atoms with Crippen molar-refractivity contribution < 1.29 is 9.47 Å². The molecule has 0 radical (unpaired) electrons. The Kier molecular flexibility index (Phi) is 4.48. The first-order valence-corrected chi connectivity index (χ1v) is 8.94. The molecule has 1 aromatic heterocycles. The molecular formula is C18H24N4O3. The lowest BCUT2D eigenvalue weighted by Crippen LogP contribution is -2.31. The molecule has 0 unspecified atom stereocenters. The summed E-state index contributed by atoms with van der Waals surface area (Å²) >= 11 is 0. The molecule has 0 atom stereocenters. The van der Waals surface area contributed by atoms with Crippen LogP contribution in [0.1, 0.15) is 30.7 Å². The number of nitrogens with zero attached hydrogens (tertiary/aromatic N) is 4. The van der Waals surface area contributed by atoms with Crippen LogP contribution >= 0.6 is 0 Å². The van der Waals surface area contributed by atoms with Gasteiger partial charge in [0, 0.05) is 19.5 Å². The molecule has 0 N–H and O–H groups in total. The molecule has 0 saturated heterocycles. The molecule has 2 aliphatic heterocycles. The Morgan fingerprint density at radius 2 is 2.00 bits per heavy atom. The standard InChI is InChI=1S/C18H24N4O3/c1-20(12-14-6-7-15-16(11-14)25-10-9-24-15)13-22-18(23)21-8-4-2-3-5-17(21)19-22/h6-7,11H,2-5,8-10,12-13H2,1H3. The number of rotatable bonds is 4. The molecule has 25 heavy (non-hydrogen) atoms. The van der Waals surface area contributed by atoms with E-state index in [1.807, 2.05) is 29.8 Å². The number of benzene rings is 1. The molecule has 4 rings (SSSR count). The average Bonchev–Trinajstić information content (AvgIpc) is 2.78. The van der Waals surface area contributed by atoms with E-state index in [0.29, 0.717) is 26.4 Å². The Balaban J connectivity index is 1.46. The van der Waals surface area contributed by atoms with Gasteiger partial charge in [0.05, 0.1) is 6.67 Å². The van der Waals surface area contributed by atoms with Gasteiger partial charge in [-0.1, -0.05) is 12.5 Å². The van der Waals surface area contributed by atoms with Gasteiger partial charge >= 0.3 is 5.69 Å². The van der Waals surface area contributed by atoms with E-state index in [2.05, 4.69) is 10.00 Å². The van der Waals surface area contributed by atoms with Gasteiger partial charge in [0.15, 0.2) is 11.5 Å². The van der Waals surface area contributed by atoms with Crippen molar-refractivity contribution in [2.24, 2.45) is 0 Å². The fourth-order valence-electron chi connectivity index (χ4n) is 3.49. The molecule has 2 aromatic rings. The SMILES string of the molecule is CN(Cc1ccc2c(c1)OCCO2)Cn1nc2n(c1=O)CCCCC2. The van der Waals surface area contributed by atoms with Crippen molar-refractivity contribution in [1.29, 1.82) is 0 Å². The number of hydrogen-bond acceptors (Lipinski definition) is 5. The van der Waals surface area contributed by atoms with Crippen LogP contribution < -0.4 is 15.2 Å². The normalized spacial score (nSPS) is 16.6. The zero-order valence-electron chi connectivity index (χ0n) is 14.6. The van der Waals surface area contributed by atoms with E-state index < -0.39 is 0 Å². The second kappa shape index (κ2) is 6.92. The highest BCUT2D eigenvalue weighted by Gasteiger charge is 2.17. The van der Waals surface area contributed by atoms with Crippen LogP contribution in [0, 0.1) is 0 Å². The lowest BCUT2D eigenvalue weighted by Gasteiger charge is -2.20. The van der Waals surface area contributed by atoms with Crippen molar-refractivity contribution in [1.82, 2.24) is 19.2 Å². The average molecular weight is 344 g/mol. The second-order valence-electron chi connectivity index (χ2n) is 6.79. The Bertz CT molecular complexity index is 811. The molecule has 7 nitrogen and oxygen atoms in total. The Labute approximate surface area is 146 Å². The largest absolute Gasteiger partial charge is 0.486 e. The monoisotopic (exact) mass is 344 g/mol. The van der Waals surface area contributed by atoms with Gasteiger partial charge in [-0.05, 0) is 37.6 Å². The highest BCUT2D eigenvalue weighted by molar-refractivity contribution is 5.43. The molecule has 3 heterocycles. The van der Waals surface area contributed by atoms with Crippen molar-refractivity contribution in [2.75, 3.05) is 20.3 Å². The lowest BCUT2D eigenvalue weighted by molar-refractivity contribution is 0.171. The summed E-state index contributed by atoms with van der Waals surface area (Å²) in [5.74, 6) is 2.52. The van der Waals surface area contributed by atoms with Gasteiger partial charge in [-0.15, -0.1) is 0 Å². The van der Waals surface area contributed by atoms with Crippen molar-refractivity contribution in [3.05, 3.63) is 40.1 Å². The fourth-order valence-corrected chi connectivity index (χ4v) is 3.49. The molecule has 134 valence electrons. The number of hydrogen-bond donors (Lipinski definition) is 0. The highest BCUT2D eigenvalue weighted by atomic mass is 16.6. The predicted octanol–water partition coefficient (Wildman–Crippen LogP) is 1.63. The van der Waals surface area contributed by atoms with Gasteiger partial charge in [-0.2, -0.15) is 9.78 Å². The van der Waals surface area contributed by atoms with E-state index in [9.17, 15) is 4.79 Å². The van der Waals surface area contributed by atoms with Crippen LogP contribution in [0.25, 0.3) is 0 Å². The summed E-state index contributed by atoms with van der Waals surface area (Å²) in [5.41, 5.74) is 1.13. The first-order valence-electron chi connectivity index (χ1n) is 8.94. The second-order valence-corrected chi connectivity index (χ2v) is 6.79. The van der Waals surface area contributed by atoms with E-state index >= 15 is 0 Å². The summed E-state index contributed by atoms with van der Waals surface area (Å²) in [6.07, 6.45) is 4.25. The first kappa shape index (κ1) is 16.2. The van der Waals surface area contributed by atoms with Gasteiger partial charge in [0.25, 0.3) is 0 Å². The molecule has 0 saturated carbocycles. The number of aromatic nitrogens is 3. The minimum absolute atomic E-state index is 0.00549. The molecule has 2 aliphatic rings. The zero-order chi connectivity index (χ0) is 17.2. The Morgan fingerprint density at radius 3 is 2.88 bits per heavy atom. The van der Waals surface area contributed by atoms with Crippen molar-refractivity contribution in [3.8, 4) is 11.5 Å². The zero-order valence-corrected chi connectivity index (χ0v) is 14.6. The van der Waals surface area contributed by atoms with Crippen LogP contribution in [0.3, 0.4) is 0 Å². The molecule has 0 spiro atoms. The number of aryl methyl sites for hydroxylation is 1. The Morgan fingerprint density at radius 1 is 1.16 bits per heavy atom. The molecule has 7 heteroatoms. The molecule has 0 bridgehead atoms. The summed E-state index contributed by atoms with van der Waals surface area (Å²) in [6, 6.07) is 5.99. The molecule has 0 fully saturated rings. The third-order valence-corrected chi connectivity index (χ3v) is 4.72. The summed E-state index contributed by atoms with van der Waals surface area (Å²) in [4.78, 5) is 14.6. The van der Waals surface area contributed by atoms with Crippen molar-refractivity contribution in [3.63, 3.8) is 0 Å². The van der Waals surface area contributed by atoms with E-state index in [-0.39, 0.29) is 5.69 Å². The molecule has 0 aliphatic carbocycles. The summed E-state index contributed by atoms with van der Waals surface area (Å²) in [6.45, 7) is 3.17. The summed E-state index contributed by atoms with van der Waals surface area (Å²) < 4.78 is 14.6. The van der Waals surface area contributed by atoms with Crippen LogP contribution in [-0.2, 0) is 26.2 Å². The quantitative estimate of drug-likeness (QED) is 0.844. The van der Waals surface area contributed by atoms with Gasteiger partial charge in [-0.25, -0.2) is 4.79 Å². The van der Waals surface area contributed by atoms with Crippen LogP contribution in [0.15, 0.2) is 23.0 Å².